The zero-order valence-electron chi connectivity index (χ0n) is 7.70. The molecule has 78 valence electrons. The molecule has 5 N–H and O–H groups in total. The van der Waals surface area contributed by atoms with Crippen molar-refractivity contribution in [1.29, 1.82) is 0 Å². The van der Waals surface area contributed by atoms with Gasteiger partial charge < -0.3 is 10.2 Å². The van der Waals surface area contributed by atoms with Gasteiger partial charge in [0.25, 0.3) is 5.91 Å². The average Bonchev–Trinajstić information content (AvgIpc) is 2.16. The van der Waals surface area contributed by atoms with Gasteiger partial charge in [0.1, 0.15) is 6.10 Å². The SMILES string of the molecule is NNC(=O)[C@H](O)CCCCCCO. The number of hydrogen-bond acceptors (Lipinski definition) is 4. The molecule has 1 amide bonds. The van der Waals surface area contributed by atoms with Crippen molar-refractivity contribution in [3.63, 3.8) is 0 Å². The lowest BCUT2D eigenvalue weighted by molar-refractivity contribution is -0.129. The molecule has 0 spiro atoms. The van der Waals surface area contributed by atoms with Crippen LogP contribution in [0.15, 0.2) is 0 Å². The minimum Gasteiger partial charge on any atom is -0.396 e. The van der Waals surface area contributed by atoms with Crippen molar-refractivity contribution in [3.8, 4) is 0 Å². The van der Waals surface area contributed by atoms with Crippen molar-refractivity contribution < 1.29 is 15.0 Å². The van der Waals surface area contributed by atoms with Gasteiger partial charge in [0.15, 0.2) is 0 Å². The van der Waals surface area contributed by atoms with E-state index in [4.69, 9.17) is 16.1 Å². The Morgan fingerprint density at radius 2 is 1.92 bits per heavy atom. The molecule has 0 unspecified atom stereocenters. The molecular weight excluding hydrogens is 172 g/mol. The normalized spacial score (nSPS) is 12.5. The first kappa shape index (κ1) is 12.3. The minimum atomic E-state index is -1.00. The molecule has 0 saturated heterocycles. The second-order valence-corrected chi connectivity index (χ2v) is 2.95. The lowest BCUT2D eigenvalue weighted by atomic mass is 10.1. The van der Waals surface area contributed by atoms with E-state index in [1.54, 1.807) is 0 Å². The van der Waals surface area contributed by atoms with Crippen molar-refractivity contribution >= 4 is 5.91 Å². The number of carbonyl (C=O) groups is 1. The van der Waals surface area contributed by atoms with E-state index in [0.29, 0.717) is 6.42 Å². The second kappa shape index (κ2) is 7.97. The summed E-state index contributed by atoms with van der Waals surface area (Å²) >= 11 is 0. The Hall–Kier alpha value is -0.650. The van der Waals surface area contributed by atoms with Gasteiger partial charge in [-0.1, -0.05) is 19.3 Å². The molecule has 0 rings (SSSR count). The van der Waals surface area contributed by atoms with Gasteiger partial charge in [0.2, 0.25) is 0 Å². The van der Waals surface area contributed by atoms with Crippen LogP contribution < -0.4 is 11.3 Å². The molecule has 0 saturated carbocycles. The number of nitrogens with one attached hydrogen (secondary N) is 1. The summed E-state index contributed by atoms with van der Waals surface area (Å²) in [4.78, 5) is 10.7. The van der Waals surface area contributed by atoms with Gasteiger partial charge in [-0.3, -0.25) is 10.2 Å². The van der Waals surface area contributed by atoms with E-state index in [0.717, 1.165) is 25.7 Å². The van der Waals surface area contributed by atoms with Crippen molar-refractivity contribution in [2.75, 3.05) is 6.61 Å². The number of rotatable bonds is 7. The third-order valence-electron chi connectivity index (χ3n) is 1.83. The molecule has 0 heterocycles. The van der Waals surface area contributed by atoms with E-state index in [-0.39, 0.29) is 6.61 Å². The van der Waals surface area contributed by atoms with Gasteiger partial charge in [-0.05, 0) is 12.8 Å². The van der Waals surface area contributed by atoms with Crippen LogP contribution in [0.5, 0.6) is 0 Å². The summed E-state index contributed by atoms with van der Waals surface area (Å²) in [5, 5.41) is 17.6. The molecule has 13 heavy (non-hydrogen) atoms. The molecule has 5 heteroatoms. The predicted molar refractivity (Wildman–Crippen MR) is 48.5 cm³/mol. The van der Waals surface area contributed by atoms with E-state index < -0.39 is 12.0 Å². The monoisotopic (exact) mass is 190 g/mol. The Balaban J connectivity index is 3.26. The fourth-order valence-corrected chi connectivity index (χ4v) is 1.03. The van der Waals surface area contributed by atoms with Gasteiger partial charge >= 0.3 is 0 Å². The van der Waals surface area contributed by atoms with Crippen LogP contribution in [0, 0.1) is 0 Å². The molecule has 0 aromatic heterocycles. The summed E-state index contributed by atoms with van der Waals surface area (Å²) in [5.74, 6) is 4.29. The minimum absolute atomic E-state index is 0.200. The number of aliphatic hydroxyl groups is 2. The zero-order chi connectivity index (χ0) is 10.1. The highest BCUT2D eigenvalue weighted by Crippen LogP contribution is 2.05. The lowest BCUT2D eigenvalue weighted by Gasteiger charge is -2.07. The van der Waals surface area contributed by atoms with Crippen LogP contribution in [0.4, 0.5) is 0 Å². The highest BCUT2D eigenvalue weighted by Gasteiger charge is 2.11. The molecule has 0 fully saturated rings. The topological polar surface area (TPSA) is 95.6 Å². The lowest BCUT2D eigenvalue weighted by Crippen LogP contribution is -2.38. The van der Waals surface area contributed by atoms with Crippen molar-refractivity contribution in [2.45, 2.75) is 38.2 Å². The number of amides is 1. The van der Waals surface area contributed by atoms with Crippen molar-refractivity contribution in [3.05, 3.63) is 0 Å². The summed E-state index contributed by atoms with van der Waals surface area (Å²) in [7, 11) is 0. The molecule has 0 aliphatic rings. The van der Waals surface area contributed by atoms with Crippen LogP contribution in [0.25, 0.3) is 0 Å². The number of unbranched alkanes of at least 4 members (excludes halogenated alkanes) is 3. The Morgan fingerprint density at radius 3 is 2.46 bits per heavy atom. The summed E-state index contributed by atoms with van der Waals surface area (Å²) < 4.78 is 0. The quantitative estimate of drug-likeness (QED) is 0.184. The van der Waals surface area contributed by atoms with Gasteiger partial charge in [0.05, 0.1) is 0 Å². The van der Waals surface area contributed by atoms with E-state index in [2.05, 4.69) is 0 Å². The van der Waals surface area contributed by atoms with E-state index in [1.807, 2.05) is 5.43 Å². The second-order valence-electron chi connectivity index (χ2n) is 2.95. The maximum atomic E-state index is 10.7. The van der Waals surface area contributed by atoms with Gasteiger partial charge in [0, 0.05) is 6.61 Å². The maximum Gasteiger partial charge on any atom is 0.262 e. The third-order valence-corrected chi connectivity index (χ3v) is 1.83. The Kier molecular flexibility index (Phi) is 7.57. The van der Waals surface area contributed by atoms with Crippen LogP contribution in [-0.2, 0) is 4.79 Å². The zero-order valence-corrected chi connectivity index (χ0v) is 7.70. The first-order chi connectivity index (χ1) is 6.22. The number of aliphatic hydroxyl groups excluding tert-OH is 2. The van der Waals surface area contributed by atoms with Gasteiger partial charge in [-0.15, -0.1) is 0 Å². The molecule has 1 atom stereocenters. The Bertz CT molecular complexity index is 141. The van der Waals surface area contributed by atoms with Gasteiger partial charge in [-0.2, -0.15) is 0 Å². The molecule has 0 aliphatic carbocycles. The van der Waals surface area contributed by atoms with E-state index in [9.17, 15) is 4.79 Å². The predicted octanol–water partition coefficient (Wildman–Crippen LogP) is -0.720. The van der Waals surface area contributed by atoms with Crippen LogP contribution in [0.1, 0.15) is 32.1 Å². The average molecular weight is 190 g/mol. The Labute approximate surface area is 77.9 Å². The van der Waals surface area contributed by atoms with Gasteiger partial charge in [-0.25, -0.2) is 5.84 Å². The van der Waals surface area contributed by atoms with Crippen LogP contribution in [0.2, 0.25) is 0 Å². The summed E-state index contributed by atoms with van der Waals surface area (Å²) in [6, 6.07) is 0. The van der Waals surface area contributed by atoms with E-state index in [1.165, 1.54) is 0 Å². The molecule has 0 radical (unpaired) electrons. The number of hydrazine groups is 1. The molecule has 0 aromatic carbocycles. The van der Waals surface area contributed by atoms with Crippen molar-refractivity contribution in [1.82, 2.24) is 5.43 Å². The first-order valence-corrected chi connectivity index (χ1v) is 4.51. The molecule has 5 nitrogen and oxygen atoms in total. The summed E-state index contributed by atoms with van der Waals surface area (Å²) in [6.45, 7) is 0.200. The van der Waals surface area contributed by atoms with Crippen LogP contribution >= 0.6 is 0 Å². The molecule has 0 bridgehead atoms. The smallest absolute Gasteiger partial charge is 0.262 e. The number of carbonyl (C=O) groups excluding carboxylic acids is 1. The fraction of sp³-hybridized carbons (Fsp3) is 0.875. The van der Waals surface area contributed by atoms with Crippen molar-refractivity contribution in [2.24, 2.45) is 5.84 Å². The van der Waals surface area contributed by atoms with Crippen LogP contribution in [0.3, 0.4) is 0 Å². The third kappa shape index (κ3) is 6.51. The first-order valence-electron chi connectivity index (χ1n) is 4.51. The number of nitrogens with two attached hydrogens (primary N) is 1. The fourth-order valence-electron chi connectivity index (χ4n) is 1.03. The largest absolute Gasteiger partial charge is 0.396 e. The summed E-state index contributed by atoms with van der Waals surface area (Å²) in [6.07, 6.45) is 2.81. The highest BCUT2D eigenvalue weighted by atomic mass is 16.3. The van der Waals surface area contributed by atoms with E-state index >= 15 is 0 Å². The van der Waals surface area contributed by atoms with Crippen LogP contribution in [-0.4, -0.2) is 28.8 Å². The highest BCUT2D eigenvalue weighted by molar-refractivity contribution is 5.79. The summed E-state index contributed by atoms with van der Waals surface area (Å²) in [5.41, 5.74) is 1.89. The maximum absolute atomic E-state index is 10.7. The molecule has 0 aromatic rings. The standard InChI is InChI=1S/C8H18N2O3/c9-10-8(13)7(12)5-3-1-2-4-6-11/h7,11-12H,1-6,9H2,(H,10,13)/t7-/m1/s1. The number of hydrogen-bond donors (Lipinski definition) is 4. The molecular formula is C8H18N2O3. The Morgan fingerprint density at radius 1 is 1.31 bits per heavy atom. The molecule has 0 aliphatic heterocycles.